The van der Waals surface area contributed by atoms with E-state index in [1.54, 1.807) is 30.3 Å². The number of alkyl carbamates (subject to hydrolysis) is 1. The fourth-order valence-corrected chi connectivity index (χ4v) is 6.83. The lowest BCUT2D eigenvalue weighted by molar-refractivity contribution is -0.139. The van der Waals surface area contributed by atoms with E-state index in [-0.39, 0.29) is 24.3 Å². The van der Waals surface area contributed by atoms with Gasteiger partial charge in [-0.3, -0.25) is 4.79 Å². The topological polar surface area (TPSA) is 108 Å². The number of anilines is 1. The molecule has 53 heavy (non-hydrogen) atoms. The molecule has 0 spiro atoms. The smallest absolute Gasteiger partial charge is 0.407 e. The third-order valence-corrected chi connectivity index (χ3v) is 9.34. The number of ether oxygens (including phenoxy) is 4. The highest BCUT2D eigenvalue weighted by Gasteiger charge is 2.35. The largest absolute Gasteiger partial charge is 0.457 e. The van der Waals surface area contributed by atoms with Crippen LogP contribution in [0.2, 0.25) is 0 Å². The molecule has 1 saturated heterocycles. The molecule has 0 saturated carbocycles. The molecule has 2 heterocycles. The number of hydrogen-bond acceptors (Lipinski definition) is 7. The minimum absolute atomic E-state index is 0.0939. The summed E-state index contributed by atoms with van der Waals surface area (Å²) >= 11 is 0. The number of benzene rings is 4. The summed E-state index contributed by atoms with van der Waals surface area (Å²) in [6, 6.07) is 32.1. The van der Waals surface area contributed by atoms with Crippen molar-refractivity contribution in [2.45, 2.75) is 58.0 Å². The molecule has 2 unspecified atom stereocenters. The van der Waals surface area contributed by atoms with E-state index in [2.05, 4.69) is 34.9 Å². The van der Waals surface area contributed by atoms with Gasteiger partial charge in [0.05, 0.1) is 12.3 Å². The van der Waals surface area contributed by atoms with Crippen molar-refractivity contribution in [3.8, 4) is 33.9 Å². The normalized spacial score (nSPS) is 16.5. The highest BCUT2D eigenvalue weighted by molar-refractivity contribution is 5.96. The number of halogens is 1. The van der Waals surface area contributed by atoms with Gasteiger partial charge in [-0.15, -0.1) is 0 Å². The first kappa shape index (κ1) is 35.8. The van der Waals surface area contributed by atoms with Crippen molar-refractivity contribution in [2.75, 3.05) is 18.5 Å². The molecule has 2 N–H and O–H groups in total. The van der Waals surface area contributed by atoms with Crippen LogP contribution in [-0.2, 0) is 19.0 Å². The van der Waals surface area contributed by atoms with E-state index in [1.807, 2.05) is 70.2 Å². The number of pyridine rings is 1. The van der Waals surface area contributed by atoms with Crippen LogP contribution in [0.5, 0.6) is 11.5 Å². The van der Waals surface area contributed by atoms with E-state index >= 15 is 0 Å². The van der Waals surface area contributed by atoms with Gasteiger partial charge >= 0.3 is 6.09 Å². The molecule has 2 aliphatic rings. The first-order valence-corrected chi connectivity index (χ1v) is 17.8. The molecule has 7 rings (SSSR count). The Bertz CT molecular complexity index is 2060. The molecule has 0 bridgehead atoms. The first-order chi connectivity index (χ1) is 25.5. The number of amides is 2. The summed E-state index contributed by atoms with van der Waals surface area (Å²) in [5, 5.41) is 5.76. The van der Waals surface area contributed by atoms with Crippen molar-refractivity contribution in [2.24, 2.45) is 5.92 Å². The second-order valence-corrected chi connectivity index (χ2v) is 14.2. The Balaban J connectivity index is 1.08. The zero-order valence-corrected chi connectivity index (χ0v) is 30.1. The van der Waals surface area contributed by atoms with Crippen LogP contribution in [0.25, 0.3) is 22.4 Å². The Morgan fingerprint density at radius 2 is 1.51 bits per heavy atom. The van der Waals surface area contributed by atoms with Crippen molar-refractivity contribution in [3.63, 3.8) is 0 Å². The third kappa shape index (κ3) is 8.40. The molecule has 10 heteroatoms. The summed E-state index contributed by atoms with van der Waals surface area (Å²) in [5.41, 5.74) is 6.61. The molecular formula is C43H42FN3O6. The number of aromatic nitrogens is 1. The van der Waals surface area contributed by atoms with Crippen molar-refractivity contribution >= 4 is 17.8 Å². The molecule has 2 atom stereocenters. The standard InChI is InChI=1S/C43H42FN3O6/c1-26(2)21-38(46-42(49)50-24-36-34-11-7-5-9-32(34)33-10-6-8-12-35(33)36)41(48)47-40-23-28(39-25-51-43(3,4)53-39)22-37(45-40)27-13-17-30(18-14-27)52-31-19-15-29(44)16-20-31/h5-20,22-23,26,36,38-39H,21,24-25H2,1-4H3,(H,46,49)(H,45,47,48). The summed E-state index contributed by atoms with van der Waals surface area (Å²) < 4.78 is 37.0. The lowest BCUT2D eigenvalue weighted by Gasteiger charge is -2.22. The lowest BCUT2D eigenvalue weighted by atomic mass is 9.98. The fourth-order valence-electron chi connectivity index (χ4n) is 6.83. The molecule has 1 aliphatic carbocycles. The van der Waals surface area contributed by atoms with Crippen molar-refractivity contribution < 1.29 is 32.9 Å². The molecular weight excluding hydrogens is 673 g/mol. The summed E-state index contributed by atoms with van der Waals surface area (Å²) in [7, 11) is 0. The molecule has 272 valence electrons. The van der Waals surface area contributed by atoms with E-state index in [9.17, 15) is 14.0 Å². The van der Waals surface area contributed by atoms with Gasteiger partial charge in [-0.25, -0.2) is 14.2 Å². The average Bonchev–Trinajstić information content (AvgIpc) is 3.68. The molecule has 2 amide bonds. The highest BCUT2D eigenvalue weighted by atomic mass is 19.1. The number of hydrogen-bond donors (Lipinski definition) is 2. The van der Waals surface area contributed by atoms with Crippen LogP contribution in [0.15, 0.2) is 109 Å². The van der Waals surface area contributed by atoms with Gasteiger partial charge in [-0.1, -0.05) is 62.4 Å². The highest BCUT2D eigenvalue weighted by Crippen LogP contribution is 2.44. The fraction of sp³-hybridized carbons (Fsp3) is 0.279. The number of fused-ring (bicyclic) bond motifs is 3. The van der Waals surface area contributed by atoms with E-state index in [4.69, 9.17) is 23.9 Å². The van der Waals surface area contributed by atoms with Gasteiger partial charge in [0.15, 0.2) is 5.79 Å². The molecule has 1 aliphatic heterocycles. The Hall–Kier alpha value is -5.58. The predicted octanol–water partition coefficient (Wildman–Crippen LogP) is 9.40. The van der Waals surface area contributed by atoms with Gasteiger partial charge in [0.2, 0.25) is 5.91 Å². The monoisotopic (exact) mass is 715 g/mol. The van der Waals surface area contributed by atoms with Crippen LogP contribution in [-0.4, -0.2) is 42.0 Å². The van der Waals surface area contributed by atoms with Gasteiger partial charge in [0.1, 0.15) is 41.9 Å². The quantitative estimate of drug-likeness (QED) is 0.140. The number of carbonyl (C=O) groups excluding carboxylic acids is 2. The number of carbonyl (C=O) groups is 2. The second kappa shape index (κ2) is 15.2. The molecule has 1 fully saturated rings. The minimum Gasteiger partial charge on any atom is -0.457 e. The second-order valence-electron chi connectivity index (χ2n) is 14.2. The summed E-state index contributed by atoms with van der Waals surface area (Å²) in [5.74, 6) is -0.178. The van der Waals surface area contributed by atoms with Gasteiger partial charge in [0, 0.05) is 11.5 Å². The first-order valence-electron chi connectivity index (χ1n) is 17.8. The number of nitrogens with one attached hydrogen (secondary N) is 2. The van der Waals surface area contributed by atoms with E-state index in [0.717, 1.165) is 33.4 Å². The zero-order chi connectivity index (χ0) is 37.1. The predicted molar refractivity (Wildman–Crippen MR) is 200 cm³/mol. The Morgan fingerprint density at radius 3 is 2.11 bits per heavy atom. The van der Waals surface area contributed by atoms with Crippen LogP contribution in [0.4, 0.5) is 15.0 Å². The summed E-state index contributed by atoms with van der Waals surface area (Å²) in [4.78, 5) is 31.9. The molecule has 5 aromatic rings. The van der Waals surface area contributed by atoms with Crippen LogP contribution in [0.1, 0.15) is 62.8 Å². The molecule has 0 radical (unpaired) electrons. The Labute approximate surface area is 308 Å². The molecule has 4 aromatic carbocycles. The SMILES string of the molecule is CC(C)CC(NC(=O)OCC1c2ccccc2-c2ccccc21)C(=O)Nc1cc(C2COC(C)(C)O2)cc(-c2ccc(Oc3ccc(F)cc3)cc2)n1. The van der Waals surface area contributed by atoms with E-state index in [0.29, 0.717) is 36.0 Å². The van der Waals surface area contributed by atoms with Gasteiger partial charge in [0.25, 0.3) is 0 Å². The lowest BCUT2D eigenvalue weighted by Crippen LogP contribution is -2.45. The van der Waals surface area contributed by atoms with Gasteiger partial charge in [-0.05, 0) is 115 Å². The average molecular weight is 716 g/mol. The third-order valence-electron chi connectivity index (χ3n) is 9.34. The van der Waals surface area contributed by atoms with E-state index < -0.39 is 29.9 Å². The Morgan fingerprint density at radius 1 is 0.887 bits per heavy atom. The maximum Gasteiger partial charge on any atom is 0.407 e. The number of nitrogens with zero attached hydrogens (tertiary/aromatic N) is 1. The van der Waals surface area contributed by atoms with Crippen LogP contribution < -0.4 is 15.4 Å². The summed E-state index contributed by atoms with van der Waals surface area (Å²) in [6.45, 7) is 8.13. The van der Waals surface area contributed by atoms with Crippen LogP contribution >= 0.6 is 0 Å². The Kier molecular flexibility index (Phi) is 10.3. The van der Waals surface area contributed by atoms with Crippen molar-refractivity contribution in [1.29, 1.82) is 0 Å². The summed E-state index contributed by atoms with van der Waals surface area (Å²) in [6.07, 6.45) is -0.683. The van der Waals surface area contributed by atoms with E-state index in [1.165, 1.54) is 12.1 Å². The van der Waals surface area contributed by atoms with Crippen LogP contribution in [0.3, 0.4) is 0 Å². The van der Waals surface area contributed by atoms with Gasteiger partial charge < -0.3 is 29.6 Å². The number of rotatable bonds is 11. The molecule has 9 nitrogen and oxygen atoms in total. The molecule has 1 aromatic heterocycles. The maximum atomic E-state index is 13.9. The van der Waals surface area contributed by atoms with Crippen LogP contribution in [0, 0.1) is 11.7 Å². The van der Waals surface area contributed by atoms with Gasteiger partial charge in [-0.2, -0.15) is 0 Å². The minimum atomic E-state index is -0.882. The maximum absolute atomic E-state index is 13.9. The zero-order valence-electron chi connectivity index (χ0n) is 30.1. The van der Waals surface area contributed by atoms with Crippen molar-refractivity contribution in [1.82, 2.24) is 10.3 Å². The van der Waals surface area contributed by atoms with Crippen molar-refractivity contribution in [3.05, 3.63) is 132 Å².